The summed E-state index contributed by atoms with van der Waals surface area (Å²) in [5.74, 6) is 2.36. The van der Waals surface area contributed by atoms with Gasteiger partial charge in [0.25, 0.3) is 0 Å². The summed E-state index contributed by atoms with van der Waals surface area (Å²) in [5.41, 5.74) is 3.55. The van der Waals surface area contributed by atoms with Crippen molar-refractivity contribution in [2.45, 2.75) is 37.4 Å². The van der Waals surface area contributed by atoms with Crippen molar-refractivity contribution in [2.24, 2.45) is 0 Å². The quantitative estimate of drug-likeness (QED) is 0.885. The largest absolute Gasteiger partial charge is 0.387 e. The third-order valence-corrected chi connectivity index (χ3v) is 6.31. The Morgan fingerprint density at radius 3 is 2.29 bits per heavy atom. The zero-order valence-electron chi connectivity index (χ0n) is 10.6. The molecule has 3 heteroatoms. The lowest BCUT2D eigenvalue weighted by Crippen LogP contribution is -2.29. The van der Waals surface area contributed by atoms with Crippen LogP contribution in [0.25, 0.3) is 0 Å². The molecule has 0 aromatic heterocycles. The average molecular weight is 268 g/mol. The molecule has 1 aromatic carbocycles. The van der Waals surface area contributed by atoms with E-state index in [4.69, 9.17) is 0 Å². The van der Waals surface area contributed by atoms with Gasteiger partial charge in [0.2, 0.25) is 0 Å². The van der Waals surface area contributed by atoms with E-state index in [1.165, 1.54) is 16.9 Å². The van der Waals surface area contributed by atoms with Gasteiger partial charge >= 0.3 is 0 Å². The molecule has 3 unspecified atom stereocenters. The first-order chi connectivity index (χ1) is 8.08. The standard InChI is InChI=1S/C14H20OS2/c1-9-6-10(2)8-12(7-9)13(15)14-11(3)16-4-5-17-14/h6-8,11,13-15H,4-5H2,1-3H3. The molecule has 1 aliphatic heterocycles. The first kappa shape index (κ1) is 13.3. The summed E-state index contributed by atoms with van der Waals surface area (Å²) >= 11 is 3.89. The summed E-state index contributed by atoms with van der Waals surface area (Å²) in [4.78, 5) is 0. The zero-order chi connectivity index (χ0) is 12.4. The second-order valence-corrected chi connectivity index (χ2v) is 7.55. The Hall–Kier alpha value is -0.120. The van der Waals surface area contributed by atoms with Crippen molar-refractivity contribution < 1.29 is 5.11 Å². The van der Waals surface area contributed by atoms with Gasteiger partial charge < -0.3 is 5.11 Å². The Morgan fingerprint density at radius 2 is 1.71 bits per heavy atom. The molecule has 0 spiro atoms. The Morgan fingerprint density at radius 1 is 1.12 bits per heavy atom. The summed E-state index contributed by atoms with van der Waals surface area (Å²) in [7, 11) is 0. The number of hydrogen-bond acceptors (Lipinski definition) is 3. The van der Waals surface area contributed by atoms with Gasteiger partial charge in [-0.15, -0.1) is 0 Å². The van der Waals surface area contributed by atoms with Crippen molar-refractivity contribution in [3.05, 3.63) is 34.9 Å². The van der Waals surface area contributed by atoms with E-state index in [2.05, 4.69) is 39.0 Å². The molecule has 1 aliphatic rings. The number of aryl methyl sites for hydroxylation is 2. The smallest absolute Gasteiger partial charge is 0.0919 e. The summed E-state index contributed by atoms with van der Waals surface area (Å²) in [5, 5.41) is 11.4. The SMILES string of the molecule is Cc1cc(C)cc(C(O)C2SCCSC2C)c1. The third-order valence-electron chi connectivity index (χ3n) is 3.13. The van der Waals surface area contributed by atoms with Crippen LogP contribution in [-0.4, -0.2) is 27.1 Å². The van der Waals surface area contributed by atoms with Gasteiger partial charge in [0, 0.05) is 22.0 Å². The van der Waals surface area contributed by atoms with Gasteiger partial charge in [0.05, 0.1) is 6.10 Å². The van der Waals surface area contributed by atoms with Gasteiger partial charge in [0.1, 0.15) is 0 Å². The number of thioether (sulfide) groups is 2. The second-order valence-electron chi connectivity index (χ2n) is 4.78. The molecule has 94 valence electrons. The van der Waals surface area contributed by atoms with Crippen molar-refractivity contribution in [3.63, 3.8) is 0 Å². The van der Waals surface area contributed by atoms with Crippen LogP contribution in [0.5, 0.6) is 0 Å². The molecule has 17 heavy (non-hydrogen) atoms. The van der Waals surface area contributed by atoms with Crippen molar-refractivity contribution in [1.82, 2.24) is 0 Å². The van der Waals surface area contributed by atoms with Gasteiger partial charge in [-0.25, -0.2) is 0 Å². The van der Waals surface area contributed by atoms with E-state index in [9.17, 15) is 5.11 Å². The number of aliphatic hydroxyl groups excluding tert-OH is 1. The number of hydrogen-bond donors (Lipinski definition) is 1. The molecule has 0 bridgehead atoms. The maximum absolute atomic E-state index is 10.5. The molecule has 1 N–H and O–H groups in total. The zero-order valence-corrected chi connectivity index (χ0v) is 12.3. The highest BCUT2D eigenvalue weighted by atomic mass is 32.2. The van der Waals surface area contributed by atoms with Crippen LogP contribution in [0, 0.1) is 13.8 Å². The highest BCUT2D eigenvalue weighted by Crippen LogP contribution is 2.38. The van der Waals surface area contributed by atoms with Crippen LogP contribution >= 0.6 is 23.5 Å². The van der Waals surface area contributed by atoms with Crippen LogP contribution in [0.4, 0.5) is 0 Å². The number of rotatable bonds is 2. The fourth-order valence-electron chi connectivity index (χ4n) is 2.37. The summed E-state index contributed by atoms with van der Waals surface area (Å²) < 4.78 is 0. The normalized spacial score (nSPS) is 26.8. The van der Waals surface area contributed by atoms with Gasteiger partial charge in [-0.2, -0.15) is 23.5 Å². The van der Waals surface area contributed by atoms with Crippen molar-refractivity contribution in [3.8, 4) is 0 Å². The fraction of sp³-hybridized carbons (Fsp3) is 0.571. The van der Waals surface area contributed by atoms with Crippen molar-refractivity contribution >= 4 is 23.5 Å². The van der Waals surface area contributed by atoms with Gasteiger partial charge in [0.15, 0.2) is 0 Å². The molecule has 1 fully saturated rings. The molecule has 0 saturated carbocycles. The van der Waals surface area contributed by atoms with Crippen LogP contribution < -0.4 is 0 Å². The topological polar surface area (TPSA) is 20.2 Å². The van der Waals surface area contributed by atoms with E-state index >= 15 is 0 Å². The predicted molar refractivity (Wildman–Crippen MR) is 79.0 cm³/mol. The molecular weight excluding hydrogens is 248 g/mol. The van der Waals surface area contributed by atoms with Crippen molar-refractivity contribution in [2.75, 3.05) is 11.5 Å². The summed E-state index contributed by atoms with van der Waals surface area (Å²) in [6.45, 7) is 6.41. The molecule has 0 radical (unpaired) electrons. The Labute approximate surface area is 112 Å². The second kappa shape index (κ2) is 5.68. The number of aliphatic hydroxyl groups is 1. The Bertz CT molecular complexity index is 372. The number of benzene rings is 1. The molecule has 0 amide bonds. The van der Waals surface area contributed by atoms with E-state index in [1.807, 2.05) is 23.5 Å². The van der Waals surface area contributed by atoms with E-state index in [0.29, 0.717) is 10.5 Å². The van der Waals surface area contributed by atoms with E-state index < -0.39 is 0 Å². The van der Waals surface area contributed by atoms with Crippen LogP contribution in [0.15, 0.2) is 18.2 Å². The fourth-order valence-corrected chi connectivity index (χ4v) is 5.20. The maximum atomic E-state index is 10.5. The van der Waals surface area contributed by atoms with Crippen LogP contribution in [0.3, 0.4) is 0 Å². The van der Waals surface area contributed by atoms with Crippen LogP contribution in [0.1, 0.15) is 29.7 Å². The minimum atomic E-state index is -0.332. The molecule has 1 nitrogen and oxygen atoms in total. The lowest BCUT2D eigenvalue weighted by Gasteiger charge is -2.32. The monoisotopic (exact) mass is 268 g/mol. The highest BCUT2D eigenvalue weighted by molar-refractivity contribution is 8.07. The van der Waals surface area contributed by atoms with Gasteiger partial charge in [-0.1, -0.05) is 36.2 Å². The summed E-state index contributed by atoms with van der Waals surface area (Å²) in [6, 6.07) is 6.39. The first-order valence-corrected chi connectivity index (χ1v) is 8.17. The maximum Gasteiger partial charge on any atom is 0.0919 e. The minimum absolute atomic E-state index is 0.329. The predicted octanol–water partition coefficient (Wildman–Crippen LogP) is 3.57. The van der Waals surface area contributed by atoms with Crippen molar-refractivity contribution in [1.29, 1.82) is 0 Å². The molecule has 3 atom stereocenters. The van der Waals surface area contributed by atoms with E-state index in [-0.39, 0.29) is 6.10 Å². The minimum Gasteiger partial charge on any atom is -0.387 e. The van der Waals surface area contributed by atoms with Crippen LogP contribution in [-0.2, 0) is 0 Å². The van der Waals surface area contributed by atoms with Gasteiger partial charge in [-0.05, 0) is 19.4 Å². The molecule has 0 aliphatic carbocycles. The molecule has 1 heterocycles. The van der Waals surface area contributed by atoms with E-state index in [1.54, 1.807) is 0 Å². The third kappa shape index (κ3) is 3.21. The van der Waals surface area contributed by atoms with E-state index in [0.717, 1.165) is 11.3 Å². The lowest BCUT2D eigenvalue weighted by atomic mass is 10.00. The molecular formula is C14H20OS2. The summed E-state index contributed by atoms with van der Waals surface area (Å²) in [6.07, 6.45) is -0.332. The Kier molecular flexibility index (Phi) is 4.45. The highest BCUT2D eigenvalue weighted by Gasteiger charge is 2.30. The molecule has 2 rings (SSSR count). The first-order valence-electron chi connectivity index (χ1n) is 6.07. The van der Waals surface area contributed by atoms with Crippen LogP contribution in [0.2, 0.25) is 0 Å². The van der Waals surface area contributed by atoms with Gasteiger partial charge in [-0.3, -0.25) is 0 Å². The molecule has 1 aromatic rings. The molecule has 1 saturated heterocycles. The average Bonchev–Trinajstić information content (AvgIpc) is 2.27. The Balaban J connectivity index is 2.20. The lowest BCUT2D eigenvalue weighted by molar-refractivity contribution is 0.174.